The molecule has 0 saturated carbocycles. The molecule has 0 unspecified atom stereocenters. The molecule has 22 heavy (non-hydrogen) atoms. The Balaban J connectivity index is 1.78. The fourth-order valence-corrected chi connectivity index (χ4v) is 2.24. The van der Waals surface area contributed by atoms with Crippen molar-refractivity contribution >= 4 is 39.1 Å². The summed E-state index contributed by atoms with van der Waals surface area (Å²) >= 11 is 3.48. The van der Waals surface area contributed by atoms with E-state index in [2.05, 4.69) is 36.5 Å². The Morgan fingerprint density at radius 1 is 0.909 bits per heavy atom. The number of hydrogen-bond acceptors (Lipinski definition) is 4. The first-order chi connectivity index (χ1) is 10.7. The van der Waals surface area contributed by atoms with E-state index in [-0.39, 0.29) is 5.82 Å². The molecule has 3 rings (SSSR count). The van der Waals surface area contributed by atoms with Gasteiger partial charge in [0.1, 0.15) is 11.6 Å². The lowest BCUT2D eigenvalue weighted by atomic mass is 10.3. The summed E-state index contributed by atoms with van der Waals surface area (Å²) in [7, 11) is 0. The van der Waals surface area contributed by atoms with Gasteiger partial charge < -0.3 is 10.6 Å². The van der Waals surface area contributed by atoms with E-state index < -0.39 is 0 Å². The highest BCUT2D eigenvalue weighted by atomic mass is 79.9. The number of benzene rings is 2. The third-order valence-corrected chi connectivity index (χ3v) is 3.58. The molecule has 1 aromatic heterocycles. The van der Waals surface area contributed by atoms with Crippen LogP contribution in [0.2, 0.25) is 0 Å². The fourth-order valence-electron chi connectivity index (χ4n) is 1.85. The number of anilines is 4. The van der Waals surface area contributed by atoms with Crippen molar-refractivity contribution in [3.63, 3.8) is 0 Å². The Hall–Kier alpha value is -2.47. The van der Waals surface area contributed by atoms with Crippen LogP contribution in [0.15, 0.2) is 65.3 Å². The topological polar surface area (TPSA) is 49.8 Å². The van der Waals surface area contributed by atoms with Crippen molar-refractivity contribution in [2.75, 3.05) is 10.6 Å². The molecule has 6 heteroatoms. The van der Waals surface area contributed by atoms with E-state index in [1.54, 1.807) is 24.4 Å². The Bertz CT molecular complexity index is 777. The number of nitrogens with zero attached hydrogens (tertiary/aromatic N) is 2. The van der Waals surface area contributed by atoms with Crippen LogP contribution in [-0.2, 0) is 0 Å². The maximum atomic E-state index is 12.9. The van der Waals surface area contributed by atoms with E-state index in [0.717, 1.165) is 15.8 Å². The zero-order valence-electron chi connectivity index (χ0n) is 11.4. The summed E-state index contributed by atoms with van der Waals surface area (Å²) in [6.07, 6.45) is 1.65. The van der Waals surface area contributed by atoms with Gasteiger partial charge in [0.25, 0.3) is 0 Å². The molecule has 0 aliphatic heterocycles. The highest BCUT2D eigenvalue weighted by Crippen LogP contribution is 2.24. The van der Waals surface area contributed by atoms with Gasteiger partial charge in [-0.2, -0.15) is 4.98 Å². The zero-order chi connectivity index (χ0) is 15.4. The van der Waals surface area contributed by atoms with Crippen LogP contribution < -0.4 is 10.6 Å². The largest absolute Gasteiger partial charge is 0.339 e. The second-order valence-electron chi connectivity index (χ2n) is 4.50. The van der Waals surface area contributed by atoms with E-state index in [4.69, 9.17) is 0 Å². The molecule has 0 radical (unpaired) electrons. The molecular formula is C16H12BrFN4. The van der Waals surface area contributed by atoms with Crippen LogP contribution in [0.3, 0.4) is 0 Å². The highest BCUT2D eigenvalue weighted by Gasteiger charge is 2.03. The first-order valence-electron chi connectivity index (χ1n) is 6.58. The molecule has 0 amide bonds. The van der Waals surface area contributed by atoms with Gasteiger partial charge in [-0.15, -0.1) is 0 Å². The average Bonchev–Trinajstić information content (AvgIpc) is 2.52. The Labute approximate surface area is 135 Å². The molecule has 2 N–H and O–H groups in total. The Kier molecular flexibility index (Phi) is 4.29. The van der Waals surface area contributed by atoms with Gasteiger partial charge in [-0.1, -0.05) is 12.1 Å². The molecule has 1 heterocycles. The summed E-state index contributed by atoms with van der Waals surface area (Å²) in [5.41, 5.74) is 1.63. The molecule has 0 atom stereocenters. The lowest BCUT2D eigenvalue weighted by Gasteiger charge is -2.09. The minimum Gasteiger partial charge on any atom is -0.339 e. The summed E-state index contributed by atoms with van der Waals surface area (Å²) in [6, 6.07) is 15.6. The number of hydrogen-bond donors (Lipinski definition) is 2. The maximum absolute atomic E-state index is 12.9. The smallest absolute Gasteiger partial charge is 0.229 e. The van der Waals surface area contributed by atoms with Crippen molar-refractivity contribution in [3.05, 3.63) is 71.1 Å². The van der Waals surface area contributed by atoms with Gasteiger partial charge in [-0.05, 0) is 58.4 Å². The Morgan fingerprint density at radius 2 is 1.68 bits per heavy atom. The summed E-state index contributed by atoms with van der Waals surface area (Å²) in [4.78, 5) is 8.53. The van der Waals surface area contributed by atoms with Crippen LogP contribution in [0.5, 0.6) is 0 Å². The summed E-state index contributed by atoms with van der Waals surface area (Å²) in [6.45, 7) is 0. The van der Waals surface area contributed by atoms with Gasteiger partial charge in [0.15, 0.2) is 0 Å². The standard InChI is InChI=1S/C16H12BrFN4/c17-13-3-1-2-4-14(13)21-15-9-10-19-16(22-15)20-12-7-5-11(18)6-8-12/h1-10H,(H2,19,20,21,22). The number of nitrogens with one attached hydrogen (secondary N) is 2. The maximum Gasteiger partial charge on any atom is 0.229 e. The predicted molar refractivity (Wildman–Crippen MR) is 89.1 cm³/mol. The van der Waals surface area contributed by atoms with Crippen LogP contribution >= 0.6 is 15.9 Å². The van der Waals surface area contributed by atoms with Crippen molar-refractivity contribution in [2.45, 2.75) is 0 Å². The molecule has 4 nitrogen and oxygen atoms in total. The lowest BCUT2D eigenvalue weighted by Crippen LogP contribution is -2.00. The zero-order valence-corrected chi connectivity index (χ0v) is 13.0. The quantitative estimate of drug-likeness (QED) is 0.698. The first kappa shape index (κ1) is 14.5. The SMILES string of the molecule is Fc1ccc(Nc2nccc(Nc3ccccc3Br)n2)cc1. The number of aromatic nitrogens is 2. The van der Waals surface area contributed by atoms with Crippen LogP contribution in [0.25, 0.3) is 0 Å². The van der Waals surface area contributed by atoms with E-state index in [1.807, 2.05) is 24.3 Å². The minimum absolute atomic E-state index is 0.282. The van der Waals surface area contributed by atoms with Crippen molar-refractivity contribution in [1.82, 2.24) is 9.97 Å². The fraction of sp³-hybridized carbons (Fsp3) is 0. The molecule has 0 aliphatic rings. The van der Waals surface area contributed by atoms with Crippen LogP contribution in [0, 0.1) is 5.82 Å². The van der Waals surface area contributed by atoms with Crippen LogP contribution in [-0.4, -0.2) is 9.97 Å². The monoisotopic (exact) mass is 358 g/mol. The molecule has 0 saturated heterocycles. The van der Waals surface area contributed by atoms with Crippen molar-refractivity contribution in [2.24, 2.45) is 0 Å². The summed E-state index contributed by atoms with van der Waals surface area (Å²) in [5.74, 6) is 0.811. The van der Waals surface area contributed by atoms with Gasteiger partial charge in [-0.3, -0.25) is 0 Å². The van der Waals surface area contributed by atoms with Gasteiger partial charge >= 0.3 is 0 Å². The second kappa shape index (κ2) is 6.53. The average molecular weight is 359 g/mol. The highest BCUT2D eigenvalue weighted by molar-refractivity contribution is 9.10. The van der Waals surface area contributed by atoms with Crippen LogP contribution in [0.4, 0.5) is 27.5 Å². The number of para-hydroxylation sites is 1. The van der Waals surface area contributed by atoms with E-state index in [9.17, 15) is 4.39 Å². The van der Waals surface area contributed by atoms with Gasteiger partial charge in [0, 0.05) is 16.4 Å². The normalized spacial score (nSPS) is 10.3. The summed E-state index contributed by atoms with van der Waals surface area (Å²) in [5, 5.41) is 6.24. The first-order valence-corrected chi connectivity index (χ1v) is 7.37. The molecule has 0 aliphatic carbocycles. The third kappa shape index (κ3) is 3.59. The molecule has 0 bridgehead atoms. The summed E-state index contributed by atoms with van der Waals surface area (Å²) < 4.78 is 13.8. The van der Waals surface area contributed by atoms with Crippen molar-refractivity contribution in [1.29, 1.82) is 0 Å². The van der Waals surface area contributed by atoms with Gasteiger partial charge in [-0.25, -0.2) is 9.37 Å². The molecule has 0 fully saturated rings. The van der Waals surface area contributed by atoms with Gasteiger partial charge in [0.2, 0.25) is 5.95 Å². The number of rotatable bonds is 4. The van der Waals surface area contributed by atoms with Gasteiger partial charge in [0.05, 0.1) is 5.69 Å². The molecule has 110 valence electrons. The second-order valence-corrected chi connectivity index (χ2v) is 5.36. The Morgan fingerprint density at radius 3 is 2.45 bits per heavy atom. The molecule has 3 aromatic rings. The molecule has 0 spiro atoms. The van der Waals surface area contributed by atoms with Crippen molar-refractivity contribution in [3.8, 4) is 0 Å². The predicted octanol–water partition coefficient (Wildman–Crippen LogP) is 4.87. The van der Waals surface area contributed by atoms with E-state index in [0.29, 0.717) is 11.8 Å². The lowest BCUT2D eigenvalue weighted by molar-refractivity contribution is 0.628. The van der Waals surface area contributed by atoms with Crippen LogP contribution in [0.1, 0.15) is 0 Å². The van der Waals surface area contributed by atoms with E-state index in [1.165, 1.54) is 12.1 Å². The minimum atomic E-state index is -0.282. The third-order valence-electron chi connectivity index (χ3n) is 2.89. The molecular weight excluding hydrogens is 347 g/mol. The van der Waals surface area contributed by atoms with E-state index >= 15 is 0 Å². The number of halogens is 2. The molecule has 2 aromatic carbocycles. The van der Waals surface area contributed by atoms with Crippen molar-refractivity contribution < 1.29 is 4.39 Å².